The van der Waals surface area contributed by atoms with Crippen LogP contribution in [0, 0.1) is 5.92 Å². The zero-order valence-electron chi connectivity index (χ0n) is 20.1. The standard InChI is InChI=1S/C26H38O7/c1-5-6-7-8-16-12-20(32-25(31)24(30)23(29)19(28)14-27)22-17-11-15(2)9-10-18(17)26(3,4)33-21(22)13-16/h11-13,17-19,23-24,27-30H,5-10,14H2,1-4H3/t17?,18?,19?,23-,24?/m1/s1. The lowest BCUT2D eigenvalue weighted by molar-refractivity contribution is -0.156. The molecule has 0 fully saturated rings. The van der Waals surface area contributed by atoms with Crippen molar-refractivity contribution in [2.75, 3.05) is 6.61 Å². The third-order valence-electron chi connectivity index (χ3n) is 6.94. The summed E-state index contributed by atoms with van der Waals surface area (Å²) in [7, 11) is 0. The van der Waals surface area contributed by atoms with Gasteiger partial charge in [0.1, 0.15) is 29.3 Å². The number of unbranched alkanes of at least 4 members (excludes halogenated alkanes) is 2. The highest BCUT2D eigenvalue weighted by Crippen LogP contribution is 2.53. The molecule has 0 saturated heterocycles. The minimum absolute atomic E-state index is 0.00455. The summed E-state index contributed by atoms with van der Waals surface area (Å²) in [6.07, 6.45) is 2.60. The van der Waals surface area contributed by atoms with Gasteiger partial charge in [-0.05, 0) is 64.2 Å². The molecular weight excluding hydrogens is 424 g/mol. The fourth-order valence-corrected chi connectivity index (χ4v) is 5.00. The molecule has 4 unspecified atom stereocenters. The summed E-state index contributed by atoms with van der Waals surface area (Å²) in [5.41, 5.74) is 2.63. The monoisotopic (exact) mass is 462 g/mol. The molecule has 1 aromatic carbocycles. The summed E-state index contributed by atoms with van der Waals surface area (Å²) >= 11 is 0. The first-order valence-corrected chi connectivity index (χ1v) is 12.0. The smallest absolute Gasteiger partial charge is 0.343 e. The summed E-state index contributed by atoms with van der Waals surface area (Å²) in [5, 5.41) is 38.8. The lowest BCUT2D eigenvalue weighted by Gasteiger charge is -2.46. The molecule has 3 rings (SSSR count). The summed E-state index contributed by atoms with van der Waals surface area (Å²) in [6.45, 7) is 7.63. The molecule has 1 heterocycles. The average molecular weight is 463 g/mol. The van der Waals surface area contributed by atoms with Gasteiger partial charge in [0, 0.05) is 17.4 Å². The molecule has 2 aliphatic rings. The molecule has 5 atom stereocenters. The average Bonchev–Trinajstić information content (AvgIpc) is 2.76. The first kappa shape index (κ1) is 25.7. The molecule has 0 aromatic heterocycles. The van der Waals surface area contributed by atoms with Gasteiger partial charge < -0.3 is 29.9 Å². The van der Waals surface area contributed by atoms with E-state index < -0.39 is 30.9 Å². The third kappa shape index (κ3) is 5.60. The van der Waals surface area contributed by atoms with Crippen LogP contribution in [-0.4, -0.2) is 56.9 Å². The number of allylic oxidation sites excluding steroid dienone is 2. The Morgan fingerprint density at radius 2 is 1.97 bits per heavy atom. The zero-order valence-corrected chi connectivity index (χ0v) is 20.1. The first-order chi connectivity index (χ1) is 15.6. The number of hydrogen-bond acceptors (Lipinski definition) is 7. The van der Waals surface area contributed by atoms with Crippen molar-refractivity contribution in [2.24, 2.45) is 5.92 Å². The Bertz CT molecular complexity index is 876. The highest BCUT2D eigenvalue weighted by Gasteiger charge is 2.46. The number of aliphatic hydroxyl groups excluding tert-OH is 4. The van der Waals surface area contributed by atoms with Gasteiger partial charge in [-0.3, -0.25) is 0 Å². The molecule has 1 aliphatic carbocycles. The number of esters is 1. The molecule has 0 radical (unpaired) electrons. The van der Waals surface area contributed by atoms with E-state index in [1.165, 1.54) is 5.57 Å². The van der Waals surface area contributed by atoms with Crippen LogP contribution in [0.1, 0.15) is 76.8 Å². The number of rotatable bonds is 9. The summed E-state index contributed by atoms with van der Waals surface area (Å²) in [4.78, 5) is 12.7. The Labute approximate surface area is 196 Å². The number of ether oxygens (including phenoxy) is 2. The van der Waals surface area contributed by atoms with Gasteiger partial charge in [0.15, 0.2) is 6.10 Å². The number of fused-ring (bicyclic) bond motifs is 3. The molecule has 0 saturated carbocycles. The molecule has 33 heavy (non-hydrogen) atoms. The van der Waals surface area contributed by atoms with Gasteiger partial charge in [0.05, 0.1) is 6.61 Å². The normalized spacial score (nSPS) is 23.9. The minimum atomic E-state index is -1.99. The minimum Gasteiger partial charge on any atom is -0.487 e. The first-order valence-electron chi connectivity index (χ1n) is 12.0. The number of carbonyl (C=O) groups is 1. The predicted octanol–water partition coefficient (Wildman–Crippen LogP) is 3.01. The predicted molar refractivity (Wildman–Crippen MR) is 124 cm³/mol. The van der Waals surface area contributed by atoms with Crippen molar-refractivity contribution in [1.29, 1.82) is 0 Å². The molecule has 0 amide bonds. The maximum Gasteiger partial charge on any atom is 0.343 e. The lowest BCUT2D eigenvalue weighted by atomic mass is 9.68. The second-order valence-electron chi connectivity index (χ2n) is 9.96. The third-order valence-corrected chi connectivity index (χ3v) is 6.94. The van der Waals surface area contributed by atoms with E-state index in [2.05, 4.69) is 33.8 Å². The highest BCUT2D eigenvalue weighted by atomic mass is 16.6. The molecule has 1 aliphatic heterocycles. The van der Waals surface area contributed by atoms with Gasteiger partial charge in [-0.2, -0.15) is 0 Å². The van der Waals surface area contributed by atoms with Crippen LogP contribution in [0.15, 0.2) is 23.8 Å². The topological polar surface area (TPSA) is 116 Å². The Hall–Kier alpha value is -1.93. The van der Waals surface area contributed by atoms with Crippen LogP contribution in [0.2, 0.25) is 0 Å². The number of aliphatic hydroxyl groups is 4. The molecule has 4 N–H and O–H groups in total. The van der Waals surface area contributed by atoms with Gasteiger partial charge in [-0.15, -0.1) is 0 Å². The largest absolute Gasteiger partial charge is 0.487 e. The van der Waals surface area contributed by atoms with E-state index in [4.69, 9.17) is 14.6 Å². The summed E-state index contributed by atoms with van der Waals surface area (Å²) in [6, 6.07) is 3.85. The molecule has 7 heteroatoms. The second kappa shape index (κ2) is 10.6. The fourth-order valence-electron chi connectivity index (χ4n) is 5.00. The van der Waals surface area contributed by atoms with E-state index in [1.54, 1.807) is 0 Å². The van der Waals surface area contributed by atoms with Crippen LogP contribution in [0.5, 0.6) is 11.5 Å². The van der Waals surface area contributed by atoms with E-state index in [1.807, 2.05) is 12.1 Å². The Morgan fingerprint density at radius 1 is 1.24 bits per heavy atom. The van der Waals surface area contributed by atoms with Crippen LogP contribution in [-0.2, 0) is 11.2 Å². The van der Waals surface area contributed by atoms with E-state index >= 15 is 0 Å². The van der Waals surface area contributed by atoms with Gasteiger partial charge in [0.25, 0.3) is 0 Å². The second-order valence-corrected chi connectivity index (χ2v) is 9.96. The Balaban J connectivity index is 2.02. The van der Waals surface area contributed by atoms with E-state index in [-0.39, 0.29) is 17.4 Å². The van der Waals surface area contributed by atoms with Crippen LogP contribution in [0.25, 0.3) is 0 Å². The number of carbonyl (C=O) groups excluding carboxylic acids is 1. The summed E-state index contributed by atoms with van der Waals surface area (Å²) < 4.78 is 12.1. The van der Waals surface area contributed by atoms with Crippen molar-refractivity contribution in [3.8, 4) is 11.5 Å². The number of benzene rings is 1. The van der Waals surface area contributed by atoms with Gasteiger partial charge in [0.2, 0.25) is 0 Å². The van der Waals surface area contributed by atoms with Crippen molar-refractivity contribution in [3.05, 3.63) is 34.9 Å². The number of aryl methyl sites for hydroxylation is 1. The molecule has 1 aromatic rings. The van der Waals surface area contributed by atoms with Crippen LogP contribution >= 0.6 is 0 Å². The fraction of sp³-hybridized carbons (Fsp3) is 0.654. The quantitative estimate of drug-likeness (QED) is 0.193. The van der Waals surface area contributed by atoms with Crippen molar-refractivity contribution >= 4 is 5.97 Å². The number of hydrogen-bond donors (Lipinski definition) is 4. The van der Waals surface area contributed by atoms with Gasteiger partial charge >= 0.3 is 5.97 Å². The van der Waals surface area contributed by atoms with E-state index in [0.29, 0.717) is 11.5 Å². The van der Waals surface area contributed by atoms with Crippen LogP contribution in [0.4, 0.5) is 0 Å². The molecule has 184 valence electrons. The van der Waals surface area contributed by atoms with Gasteiger partial charge in [-0.1, -0.05) is 31.4 Å². The molecule has 7 nitrogen and oxygen atoms in total. The van der Waals surface area contributed by atoms with Crippen molar-refractivity contribution in [3.63, 3.8) is 0 Å². The zero-order chi connectivity index (χ0) is 24.3. The van der Waals surface area contributed by atoms with Gasteiger partial charge in [-0.25, -0.2) is 4.79 Å². The molecule has 0 spiro atoms. The van der Waals surface area contributed by atoms with Crippen molar-refractivity contribution < 1.29 is 34.7 Å². The SMILES string of the molecule is CCCCCc1cc(OC(=O)C(O)[C@H](O)C(O)CO)c2c(c1)OC(C)(C)C1CCC(C)=CC21. The van der Waals surface area contributed by atoms with Crippen molar-refractivity contribution in [2.45, 2.75) is 96.1 Å². The van der Waals surface area contributed by atoms with Crippen LogP contribution in [0.3, 0.4) is 0 Å². The Kier molecular flexibility index (Phi) is 8.22. The molecular formula is C26H38O7. The van der Waals surface area contributed by atoms with E-state index in [0.717, 1.165) is 49.7 Å². The van der Waals surface area contributed by atoms with E-state index in [9.17, 15) is 20.1 Å². The lowest BCUT2D eigenvalue weighted by Crippen LogP contribution is -2.46. The highest BCUT2D eigenvalue weighted by molar-refractivity contribution is 5.78. The maximum absolute atomic E-state index is 12.7. The van der Waals surface area contributed by atoms with Crippen molar-refractivity contribution in [1.82, 2.24) is 0 Å². The maximum atomic E-state index is 12.7. The Morgan fingerprint density at radius 3 is 2.64 bits per heavy atom. The van der Waals surface area contributed by atoms with Crippen LogP contribution < -0.4 is 9.47 Å². The molecule has 0 bridgehead atoms. The summed E-state index contributed by atoms with van der Waals surface area (Å²) in [5.74, 6) is 0.0966.